The second-order valence-corrected chi connectivity index (χ2v) is 23.3. The molecule has 0 amide bonds. The molecule has 1 aliphatic rings. The first-order chi connectivity index (χ1) is 37.2. The van der Waals surface area contributed by atoms with E-state index in [-0.39, 0.29) is 0 Å². The average Bonchev–Trinajstić information content (AvgIpc) is 4.07. The lowest BCUT2D eigenvalue weighted by Crippen LogP contribution is -2.74. The fraction of sp³-hybridized carbons (Fsp3) is 0. The Balaban J connectivity index is 1.04. The molecular weight excluding hydrogens is 927 g/mol. The van der Waals surface area contributed by atoms with Gasteiger partial charge in [0.2, 0.25) is 11.9 Å². The van der Waals surface area contributed by atoms with Crippen molar-refractivity contribution in [3.63, 3.8) is 0 Å². The standard InChI is InChI=1S/C69H45N5Si/c1-4-24-47(25-5-1)75(48-26-6-2-7-27-48,49-28-8-3-9-29-49)50-30-22-23-46(43-50)67-70-68(73-63-40-19-16-37-57(63)58-38-17-20-41-64(58)73)72-69(71-67)74-65-42-21-18-39-59(65)62-44-60-55-35-14-12-33-53(55)51-31-10-11-32-52(51)54-34-13-15-36-56(54)61(60)45-66(62)74/h1-45H. The van der Waals surface area contributed by atoms with Crippen LogP contribution in [-0.4, -0.2) is 32.2 Å². The van der Waals surface area contributed by atoms with Crippen LogP contribution in [-0.2, 0) is 0 Å². The van der Waals surface area contributed by atoms with Crippen molar-refractivity contribution in [2.24, 2.45) is 0 Å². The Bertz CT molecular complexity index is 4390. The van der Waals surface area contributed by atoms with Crippen LogP contribution in [0.15, 0.2) is 273 Å². The van der Waals surface area contributed by atoms with E-state index in [9.17, 15) is 0 Å². The van der Waals surface area contributed by atoms with Crippen molar-refractivity contribution in [2.45, 2.75) is 0 Å². The Morgan fingerprint density at radius 2 is 0.587 bits per heavy atom. The highest BCUT2D eigenvalue weighted by molar-refractivity contribution is 7.19. The van der Waals surface area contributed by atoms with Crippen LogP contribution in [0.4, 0.5) is 0 Å². The van der Waals surface area contributed by atoms with Crippen LogP contribution < -0.4 is 20.7 Å². The van der Waals surface area contributed by atoms with Crippen LogP contribution in [0.1, 0.15) is 0 Å². The average molecular weight is 972 g/mol. The maximum absolute atomic E-state index is 5.66. The first-order valence-corrected chi connectivity index (χ1v) is 27.6. The Kier molecular flexibility index (Phi) is 9.83. The molecule has 5 nitrogen and oxygen atoms in total. The number of fused-ring (bicyclic) bond motifs is 14. The summed E-state index contributed by atoms with van der Waals surface area (Å²) < 4.78 is 4.49. The summed E-state index contributed by atoms with van der Waals surface area (Å²) in [4.78, 5) is 16.9. The lowest BCUT2D eigenvalue weighted by molar-refractivity contribution is 0.893. The van der Waals surface area contributed by atoms with Crippen LogP contribution in [0.2, 0.25) is 0 Å². The number of para-hydroxylation sites is 3. The summed E-state index contributed by atoms with van der Waals surface area (Å²) in [5.74, 6) is 1.67. The molecule has 0 atom stereocenters. The van der Waals surface area contributed by atoms with Gasteiger partial charge in [0.1, 0.15) is 0 Å². The molecule has 1 aliphatic carbocycles. The third kappa shape index (κ3) is 6.60. The highest BCUT2D eigenvalue weighted by atomic mass is 28.3. The largest absolute Gasteiger partial charge is 0.278 e. The second kappa shape index (κ2) is 17.2. The van der Waals surface area contributed by atoms with E-state index in [1.54, 1.807) is 0 Å². The van der Waals surface area contributed by atoms with Crippen molar-refractivity contribution in [3.05, 3.63) is 273 Å². The van der Waals surface area contributed by atoms with Gasteiger partial charge in [0.05, 0.1) is 22.1 Å². The summed E-state index contributed by atoms with van der Waals surface area (Å²) in [6, 6.07) is 99.4. The van der Waals surface area contributed by atoms with E-state index < -0.39 is 8.07 Å². The Hall–Kier alpha value is -9.75. The molecule has 0 bridgehead atoms. The van der Waals surface area contributed by atoms with Gasteiger partial charge in [0, 0.05) is 27.1 Å². The van der Waals surface area contributed by atoms with Crippen LogP contribution in [0.25, 0.3) is 111 Å². The third-order valence-corrected chi connectivity index (χ3v) is 20.3. The molecule has 3 aromatic heterocycles. The number of aromatic nitrogens is 5. The Morgan fingerprint density at radius 3 is 1.04 bits per heavy atom. The summed E-state index contributed by atoms with van der Waals surface area (Å²) >= 11 is 0. The summed E-state index contributed by atoms with van der Waals surface area (Å²) in [5, 5.41) is 9.66. The normalized spacial score (nSPS) is 12.0. The van der Waals surface area contributed by atoms with Gasteiger partial charge in [0.25, 0.3) is 0 Å². The van der Waals surface area contributed by atoms with E-state index >= 15 is 0 Å². The summed E-state index contributed by atoms with van der Waals surface area (Å²) in [5.41, 5.74) is 14.5. The summed E-state index contributed by atoms with van der Waals surface area (Å²) in [6.07, 6.45) is 0. The van der Waals surface area contributed by atoms with E-state index in [1.807, 2.05) is 0 Å². The van der Waals surface area contributed by atoms with Crippen molar-refractivity contribution in [2.75, 3.05) is 0 Å². The minimum atomic E-state index is -2.92. The van der Waals surface area contributed by atoms with Gasteiger partial charge in [-0.1, -0.05) is 243 Å². The lowest BCUT2D eigenvalue weighted by atomic mass is 9.80. The zero-order valence-corrected chi connectivity index (χ0v) is 41.7. The fourth-order valence-corrected chi connectivity index (χ4v) is 17.1. The van der Waals surface area contributed by atoms with E-state index in [2.05, 4.69) is 282 Å². The summed E-state index contributed by atoms with van der Waals surface area (Å²) in [6.45, 7) is 0. The van der Waals surface area contributed by atoms with Crippen molar-refractivity contribution in [1.29, 1.82) is 0 Å². The lowest BCUT2D eigenvalue weighted by Gasteiger charge is -2.34. The minimum Gasteiger partial charge on any atom is -0.278 e. The fourth-order valence-electron chi connectivity index (χ4n) is 12.3. The monoisotopic (exact) mass is 971 g/mol. The van der Waals surface area contributed by atoms with Gasteiger partial charge < -0.3 is 0 Å². The Morgan fingerprint density at radius 1 is 0.240 bits per heavy atom. The van der Waals surface area contributed by atoms with E-state index in [4.69, 9.17) is 15.0 Å². The highest BCUT2D eigenvalue weighted by Gasteiger charge is 2.41. The molecule has 3 heterocycles. The maximum Gasteiger partial charge on any atom is 0.240 e. The van der Waals surface area contributed by atoms with Crippen molar-refractivity contribution >= 4 is 72.4 Å². The molecule has 0 saturated heterocycles. The van der Waals surface area contributed by atoms with Gasteiger partial charge in [-0.3, -0.25) is 9.13 Å². The molecule has 0 spiro atoms. The molecule has 0 radical (unpaired) electrons. The number of hydrogen-bond donors (Lipinski definition) is 0. The van der Waals surface area contributed by atoms with Crippen LogP contribution >= 0.6 is 0 Å². The summed E-state index contributed by atoms with van der Waals surface area (Å²) in [7, 11) is -2.92. The molecule has 0 unspecified atom stereocenters. The predicted octanol–water partition coefficient (Wildman–Crippen LogP) is 14.1. The minimum absolute atomic E-state index is 0.538. The predicted molar refractivity (Wildman–Crippen MR) is 313 cm³/mol. The highest BCUT2D eigenvalue weighted by Crippen LogP contribution is 2.49. The van der Waals surface area contributed by atoms with E-state index in [0.717, 1.165) is 54.7 Å². The molecule has 14 aromatic rings. The molecule has 6 heteroatoms. The van der Waals surface area contributed by atoms with Crippen molar-refractivity contribution in [3.8, 4) is 67.8 Å². The second-order valence-electron chi connectivity index (χ2n) is 19.5. The van der Waals surface area contributed by atoms with Crippen molar-refractivity contribution < 1.29 is 0 Å². The van der Waals surface area contributed by atoms with Gasteiger partial charge in [-0.15, -0.1) is 0 Å². The topological polar surface area (TPSA) is 48.5 Å². The molecule has 0 N–H and O–H groups in total. The molecule has 15 rings (SSSR count). The maximum atomic E-state index is 5.66. The van der Waals surface area contributed by atoms with Crippen LogP contribution in [0, 0.1) is 0 Å². The molecule has 75 heavy (non-hydrogen) atoms. The van der Waals surface area contributed by atoms with Crippen LogP contribution in [0.3, 0.4) is 0 Å². The molecular formula is C69H45N5Si. The zero-order valence-electron chi connectivity index (χ0n) is 40.7. The number of benzene rings is 11. The van der Waals surface area contributed by atoms with Crippen LogP contribution in [0.5, 0.6) is 0 Å². The van der Waals surface area contributed by atoms with Gasteiger partial charge in [-0.05, 0) is 95.6 Å². The first kappa shape index (κ1) is 42.9. The van der Waals surface area contributed by atoms with Gasteiger partial charge >= 0.3 is 0 Å². The third-order valence-electron chi connectivity index (χ3n) is 15.5. The van der Waals surface area contributed by atoms with Gasteiger partial charge in [0.15, 0.2) is 13.9 Å². The molecule has 11 aromatic carbocycles. The molecule has 0 saturated carbocycles. The smallest absolute Gasteiger partial charge is 0.240 e. The number of rotatable bonds is 7. The van der Waals surface area contributed by atoms with Gasteiger partial charge in [-0.2, -0.15) is 15.0 Å². The Labute approximate surface area is 435 Å². The quantitative estimate of drug-likeness (QED) is 0.118. The number of hydrogen-bond acceptors (Lipinski definition) is 3. The SMILES string of the molecule is c1ccc([Si](c2ccccc2)(c2ccccc2)c2cccc(-c3nc(-n4c5ccccc5c5ccccc54)nc(-n4c5ccccc5c5cc6c(cc54)-c4ccccc4-c4ccccc4-c4ccccc4-6)n3)c2)cc1. The molecule has 0 aliphatic heterocycles. The first-order valence-electron chi connectivity index (χ1n) is 25.6. The molecule has 350 valence electrons. The number of nitrogens with zero attached hydrogens (tertiary/aromatic N) is 5. The van der Waals surface area contributed by atoms with Gasteiger partial charge in [-0.25, -0.2) is 0 Å². The van der Waals surface area contributed by atoms with E-state index in [1.165, 1.54) is 59.7 Å². The molecule has 0 fully saturated rings. The zero-order chi connectivity index (χ0) is 49.5. The van der Waals surface area contributed by atoms with E-state index in [0.29, 0.717) is 17.7 Å². The van der Waals surface area contributed by atoms with Crippen molar-refractivity contribution in [1.82, 2.24) is 24.1 Å².